The van der Waals surface area contributed by atoms with Crippen LogP contribution in [0.15, 0.2) is 29.6 Å². The maximum atomic E-state index is 12.9. The highest BCUT2D eigenvalue weighted by atomic mass is 32.1. The van der Waals surface area contributed by atoms with Gasteiger partial charge in [-0.05, 0) is 18.2 Å². The first-order valence-electron chi connectivity index (χ1n) is 5.67. The van der Waals surface area contributed by atoms with E-state index in [1.165, 1.54) is 23.5 Å². The molecule has 0 saturated heterocycles. The lowest BCUT2D eigenvalue weighted by Gasteiger charge is -2.05. The highest BCUT2D eigenvalue weighted by molar-refractivity contribution is 7.10. The number of benzene rings is 1. The molecule has 2 aromatic rings. The largest absolute Gasteiger partial charge is 0.586 e. The number of ether oxygens (including phenoxy) is 2. The maximum Gasteiger partial charge on any atom is 0.586 e. The van der Waals surface area contributed by atoms with Crippen molar-refractivity contribution < 1.29 is 18.3 Å². The number of alkyl halides is 2. The van der Waals surface area contributed by atoms with E-state index in [2.05, 4.69) is 20.9 Å². The number of nitriles is 1. The fourth-order valence-corrected chi connectivity index (χ4v) is 2.53. The minimum Gasteiger partial charge on any atom is -0.395 e. The number of hydrogen-bond donors (Lipinski definition) is 1. The van der Waals surface area contributed by atoms with Crippen molar-refractivity contribution >= 4 is 17.0 Å². The van der Waals surface area contributed by atoms with Crippen LogP contribution in [0.1, 0.15) is 10.4 Å². The van der Waals surface area contributed by atoms with E-state index >= 15 is 0 Å². The molecule has 0 atom stereocenters. The van der Waals surface area contributed by atoms with Crippen molar-refractivity contribution in [3.05, 3.63) is 40.1 Å². The van der Waals surface area contributed by atoms with Crippen LogP contribution in [0.2, 0.25) is 0 Å². The lowest BCUT2D eigenvalue weighted by molar-refractivity contribution is -0.286. The number of rotatable bonds is 3. The van der Waals surface area contributed by atoms with Gasteiger partial charge in [-0.1, -0.05) is 0 Å². The van der Waals surface area contributed by atoms with Gasteiger partial charge in [0.2, 0.25) is 0 Å². The van der Waals surface area contributed by atoms with Crippen LogP contribution in [0.4, 0.5) is 14.5 Å². The molecule has 0 saturated carbocycles. The van der Waals surface area contributed by atoms with E-state index < -0.39 is 6.29 Å². The number of nitrogens with zero attached hydrogens (tertiary/aromatic N) is 1. The molecule has 0 unspecified atom stereocenters. The molecule has 0 spiro atoms. The highest BCUT2D eigenvalue weighted by Crippen LogP contribution is 2.42. The summed E-state index contributed by atoms with van der Waals surface area (Å²) in [6.45, 7) is 0.502. The Morgan fingerprint density at radius 3 is 2.80 bits per heavy atom. The van der Waals surface area contributed by atoms with Crippen LogP contribution in [0.3, 0.4) is 0 Å². The summed E-state index contributed by atoms with van der Waals surface area (Å²) in [7, 11) is 0. The zero-order valence-electron chi connectivity index (χ0n) is 10.0. The molecule has 2 heterocycles. The second-order valence-electron chi connectivity index (χ2n) is 4.10. The molecule has 1 aliphatic heterocycles. The zero-order valence-corrected chi connectivity index (χ0v) is 10.8. The Morgan fingerprint density at radius 2 is 2.05 bits per heavy atom. The number of halogens is 2. The monoisotopic (exact) mass is 294 g/mol. The lowest BCUT2D eigenvalue weighted by Crippen LogP contribution is -2.25. The fraction of sp³-hybridized carbons (Fsp3) is 0.154. The molecule has 0 fully saturated rings. The molecule has 0 amide bonds. The van der Waals surface area contributed by atoms with Crippen molar-refractivity contribution in [3.8, 4) is 17.6 Å². The summed E-state index contributed by atoms with van der Waals surface area (Å²) in [5, 5.41) is 13.6. The topological polar surface area (TPSA) is 54.3 Å². The fourth-order valence-electron chi connectivity index (χ4n) is 1.78. The highest BCUT2D eigenvalue weighted by Gasteiger charge is 2.43. The maximum absolute atomic E-state index is 12.9. The minimum absolute atomic E-state index is 0.00361. The number of nitrogens with one attached hydrogen (secondary N) is 1. The van der Waals surface area contributed by atoms with Crippen molar-refractivity contribution in [2.45, 2.75) is 12.8 Å². The standard InChI is InChI=1S/C13H8F2N2O2S/c14-13(15)18-11-2-1-9(4-12(11)19-13)17-6-10-3-8(5-16)7-20-10/h1-4,7,17H,6H2. The van der Waals surface area contributed by atoms with Crippen molar-refractivity contribution in [1.82, 2.24) is 0 Å². The van der Waals surface area contributed by atoms with Crippen LogP contribution in [0.25, 0.3) is 0 Å². The smallest absolute Gasteiger partial charge is 0.395 e. The van der Waals surface area contributed by atoms with Crippen molar-refractivity contribution in [2.24, 2.45) is 0 Å². The summed E-state index contributed by atoms with van der Waals surface area (Å²) < 4.78 is 34.4. The van der Waals surface area contributed by atoms with Crippen molar-refractivity contribution in [3.63, 3.8) is 0 Å². The van der Waals surface area contributed by atoms with Crippen LogP contribution in [0, 0.1) is 11.3 Å². The lowest BCUT2D eigenvalue weighted by atomic mass is 10.2. The third-order valence-electron chi connectivity index (χ3n) is 2.65. The summed E-state index contributed by atoms with van der Waals surface area (Å²) in [6.07, 6.45) is -3.60. The van der Waals surface area contributed by atoms with Crippen LogP contribution < -0.4 is 14.8 Å². The van der Waals surface area contributed by atoms with E-state index in [-0.39, 0.29) is 11.5 Å². The molecule has 0 aliphatic carbocycles. The Kier molecular flexibility index (Phi) is 2.95. The van der Waals surface area contributed by atoms with E-state index in [9.17, 15) is 8.78 Å². The average Bonchev–Trinajstić information content (AvgIpc) is 2.97. The average molecular weight is 294 g/mol. The van der Waals surface area contributed by atoms with Gasteiger partial charge < -0.3 is 14.8 Å². The molecule has 1 aromatic heterocycles. The minimum atomic E-state index is -3.60. The SMILES string of the molecule is N#Cc1csc(CNc2ccc3c(c2)OC(F)(F)O3)c1. The molecule has 102 valence electrons. The summed E-state index contributed by atoms with van der Waals surface area (Å²) in [5.74, 6) is 0.0207. The van der Waals surface area contributed by atoms with Crippen molar-refractivity contribution in [2.75, 3.05) is 5.32 Å². The number of fused-ring (bicyclic) bond motifs is 1. The first kappa shape index (κ1) is 12.7. The third kappa shape index (κ3) is 2.51. The van der Waals surface area contributed by atoms with Gasteiger partial charge in [0.05, 0.1) is 5.56 Å². The summed E-state index contributed by atoms with van der Waals surface area (Å²) >= 11 is 1.46. The molecule has 0 radical (unpaired) electrons. The van der Waals surface area contributed by atoms with Crippen LogP contribution in [-0.4, -0.2) is 6.29 Å². The second kappa shape index (κ2) is 4.65. The van der Waals surface area contributed by atoms with Crippen molar-refractivity contribution in [1.29, 1.82) is 5.26 Å². The van der Waals surface area contributed by atoms with Gasteiger partial charge in [0.25, 0.3) is 0 Å². The van der Waals surface area contributed by atoms with Gasteiger partial charge in [0, 0.05) is 28.6 Å². The number of hydrogen-bond acceptors (Lipinski definition) is 5. The first-order valence-corrected chi connectivity index (χ1v) is 6.55. The van der Waals surface area contributed by atoms with Gasteiger partial charge in [0.1, 0.15) is 6.07 Å². The molecule has 1 aliphatic rings. The van der Waals surface area contributed by atoms with E-state index in [4.69, 9.17) is 5.26 Å². The zero-order chi connectivity index (χ0) is 14.2. The number of thiophene rings is 1. The molecule has 7 heteroatoms. The van der Waals surface area contributed by atoms with Gasteiger partial charge in [0.15, 0.2) is 11.5 Å². The van der Waals surface area contributed by atoms with Gasteiger partial charge in [-0.25, -0.2) is 0 Å². The predicted molar refractivity (Wildman–Crippen MR) is 69.0 cm³/mol. The second-order valence-corrected chi connectivity index (χ2v) is 5.09. The van der Waals surface area contributed by atoms with E-state index in [1.807, 2.05) is 0 Å². The Labute approximate surface area is 117 Å². The summed E-state index contributed by atoms with van der Waals surface area (Å²) in [4.78, 5) is 0.976. The van der Waals surface area contributed by atoms with Crippen LogP contribution in [0.5, 0.6) is 11.5 Å². The van der Waals surface area contributed by atoms with E-state index in [1.54, 1.807) is 17.5 Å². The molecule has 0 bridgehead atoms. The Hall–Kier alpha value is -2.33. The van der Waals surface area contributed by atoms with Crippen LogP contribution in [-0.2, 0) is 6.54 Å². The molecule has 3 rings (SSSR count). The Balaban J connectivity index is 1.69. The normalized spacial score (nSPS) is 14.8. The van der Waals surface area contributed by atoms with Gasteiger partial charge in [-0.2, -0.15) is 5.26 Å². The van der Waals surface area contributed by atoms with E-state index in [0.29, 0.717) is 17.8 Å². The molecule has 1 aromatic carbocycles. The number of anilines is 1. The first-order chi connectivity index (χ1) is 9.55. The molecule has 20 heavy (non-hydrogen) atoms. The van der Waals surface area contributed by atoms with Gasteiger partial charge in [-0.15, -0.1) is 20.1 Å². The molecular formula is C13H8F2N2O2S. The van der Waals surface area contributed by atoms with Gasteiger partial charge >= 0.3 is 6.29 Å². The predicted octanol–water partition coefficient (Wildman–Crippen LogP) is 3.55. The summed E-state index contributed by atoms with van der Waals surface area (Å²) in [6, 6.07) is 8.33. The molecule has 4 nitrogen and oxygen atoms in total. The third-order valence-corrected chi connectivity index (χ3v) is 3.59. The molecular weight excluding hydrogens is 286 g/mol. The molecule has 1 N–H and O–H groups in total. The van der Waals surface area contributed by atoms with E-state index in [0.717, 1.165) is 4.88 Å². The van der Waals surface area contributed by atoms with Gasteiger partial charge in [-0.3, -0.25) is 0 Å². The summed E-state index contributed by atoms with van der Waals surface area (Å²) in [5.41, 5.74) is 1.24. The van der Waals surface area contributed by atoms with Crippen LogP contribution >= 0.6 is 11.3 Å². The Morgan fingerprint density at radius 1 is 1.25 bits per heavy atom. The Bertz CT molecular complexity index is 694. The quantitative estimate of drug-likeness (QED) is 0.940.